The summed E-state index contributed by atoms with van der Waals surface area (Å²) in [5.41, 5.74) is 1.11. The molecule has 1 saturated heterocycles. The van der Waals surface area contributed by atoms with Gasteiger partial charge in [0.25, 0.3) is 0 Å². The molecule has 0 bridgehead atoms. The minimum absolute atomic E-state index is 0.476. The van der Waals surface area contributed by atoms with E-state index < -0.39 is 5.91 Å². The van der Waals surface area contributed by atoms with Gasteiger partial charge in [-0.3, -0.25) is 15.0 Å². The fourth-order valence-electron chi connectivity index (χ4n) is 1.76. The topological polar surface area (TPSA) is 54.5 Å². The lowest BCUT2D eigenvalue weighted by Crippen LogP contribution is -2.35. The lowest BCUT2D eigenvalue weighted by molar-refractivity contribution is -0.111. The summed E-state index contributed by atoms with van der Waals surface area (Å²) in [5.74, 6) is 1.97. The van der Waals surface area contributed by atoms with Crippen molar-refractivity contribution in [2.45, 2.75) is 6.54 Å². The van der Waals surface area contributed by atoms with Gasteiger partial charge in [0, 0.05) is 25.8 Å². The van der Waals surface area contributed by atoms with Crippen LogP contribution < -0.4 is 5.32 Å². The molecule has 5 heteroatoms. The minimum atomic E-state index is -0.483. The Morgan fingerprint density at radius 3 is 2.89 bits per heavy atom. The number of aromatic nitrogens is 1. The zero-order valence-electron chi connectivity index (χ0n) is 10.1. The number of carbonyl (C=O) groups excluding carboxylic acids is 1. The molecule has 1 aliphatic heterocycles. The monoisotopic (exact) mass is 245 g/mol. The van der Waals surface area contributed by atoms with Gasteiger partial charge in [0.15, 0.2) is 0 Å². The number of morpholine rings is 1. The fraction of sp³-hybridized carbons (Fsp3) is 0.385. The highest BCUT2D eigenvalue weighted by Gasteiger charge is 2.10. The molecule has 2 rings (SSSR count). The first-order valence-electron chi connectivity index (χ1n) is 5.80. The number of hydrogen-bond donors (Lipinski definition) is 1. The van der Waals surface area contributed by atoms with Gasteiger partial charge in [-0.05, 0) is 17.6 Å². The van der Waals surface area contributed by atoms with Gasteiger partial charge in [0.2, 0.25) is 0 Å². The van der Waals surface area contributed by atoms with Gasteiger partial charge >= 0.3 is 5.91 Å². The van der Waals surface area contributed by atoms with Crippen molar-refractivity contribution in [3.63, 3.8) is 0 Å². The van der Waals surface area contributed by atoms with E-state index in [1.807, 2.05) is 12.0 Å². The van der Waals surface area contributed by atoms with Crippen molar-refractivity contribution in [3.05, 3.63) is 23.9 Å². The molecule has 1 fully saturated rings. The Hall–Kier alpha value is -1.90. The Morgan fingerprint density at radius 1 is 1.50 bits per heavy atom. The predicted octanol–water partition coefficient (Wildman–Crippen LogP) is 0.485. The average Bonchev–Trinajstić information content (AvgIpc) is 2.42. The van der Waals surface area contributed by atoms with E-state index in [9.17, 15) is 4.79 Å². The second kappa shape index (κ2) is 6.15. The molecule has 94 valence electrons. The maximum absolute atomic E-state index is 11.0. The maximum atomic E-state index is 11.0. The predicted molar refractivity (Wildman–Crippen MR) is 67.8 cm³/mol. The van der Waals surface area contributed by atoms with Crippen LogP contribution in [0.25, 0.3) is 0 Å². The number of terminal acetylenes is 1. The highest BCUT2D eigenvalue weighted by molar-refractivity contribution is 6.02. The van der Waals surface area contributed by atoms with Crippen molar-refractivity contribution in [3.8, 4) is 12.3 Å². The first-order valence-corrected chi connectivity index (χ1v) is 5.80. The number of hydrogen-bond acceptors (Lipinski definition) is 4. The standard InChI is InChI=1S/C13H15N3O2/c1-2-13(17)15-12-4-3-11(9-14-12)10-16-5-7-18-8-6-16/h1,3-4,9H,5-8,10H2,(H,14,15,17). The van der Waals surface area contributed by atoms with E-state index in [0.717, 1.165) is 38.4 Å². The van der Waals surface area contributed by atoms with Crippen LogP contribution in [0.1, 0.15) is 5.56 Å². The van der Waals surface area contributed by atoms with Crippen LogP contribution in [0.4, 0.5) is 5.82 Å². The molecule has 1 aromatic heterocycles. The van der Waals surface area contributed by atoms with Gasteiger partial charge in [-0.15, -0.1) is 6.42 Å². The summed E-state index contributed by atoms with van der Waals surface area (Å²) in [7, 11) is 0. The van der Waals surface area contributed by atoms with E-state index in [4.69, 9.17) is 11.2 Å². The highest BCUT2D eigenvalue weighted by atomic mass is 16.5. The third kappa shape index (κ3) is 3.55. The molecule has 0 radical (unpaired) electrons. The van der Waals surface area contributed by atoms with Gasteiger partial charge in [-0.25, -0.2) is 4.98 Å². The first kappa shape index (κ1) is 12.6. The largest absolute Gasteiger partial charge is 0.379 e. The van der Waals surface area contributed by atoms with Crippen LogP contribution in [0, 0.1) is 12.3 Å². The molecule has 1 aromatic rings. The van der Waals surface area contributed by atoms with Crippen LogP contribution in [0.15, 0.2) is 18.3 Å². The number of pyridine rings is 1. The van der Waals surface area contributed by atoms with Gasteiger partial charge in [-0.1, -0.05) is 6.07 Å². The first-order chi connectivity index (χ1) is 8.78. The molecule has 0 unspecified atom stereocenters. The Bertz CT molecular complexity index is 444. The average molecular weight is 245 g/mol. The molecule has 18 heavy (non-hydrogen) atoms. The lowest BCUT2D eigenvalue weighted by Gasteiger charge is -2.26. The zero-order valence-corrected chi connectivity index (χ0v) is 10.1. The molecule has 1 amide bonds. The Morgan fingerprint density at radius 2 is 2.28 bits per heavy atom. The number of nitrogens with zero attached hydrogens (tertiary/aromatic N) is 2. The van der Waals surface area contributed by atoms with E-state index in [0.29, 0.717) is 5.82 Å². The summed E-state index contributed by atoms with van der Waals surface area (Å²) in [4.78, 5) is 17.4. The number of anilines is 1. The summed E-state index contributed by atoms with van der Waals surface area (Å²) in [6.07, 6.45) is 6.72. The Labute approximate surface area is 106 Å². The molecule has 0 atom stereocenters. The van der Waals surface area contributed by atoms with Gasteiger partial charge < -0.3 is 4.74 Å². The lowest BCUT2D eigenvalue weighted by atomic mass is 10.2. The van der Waals surface area contributed by atoms with Crippen molar-refractivity contribution < 1.29 is 9.53 Å². The number of amides is 1. The minimum Gasteiger partial charge on any atom is -0.379 e. The Kier molecular flexibility index (Phi) is 4.29. The number of carbonyl (C=O) groups is 1. The molecule has 0 aliphatic carbocycles. The molecule has 0 saturated carbocycles. The molecule has 2 heterocycles. The van der Waals surface area contributed by atoms with Crippen LogP contribution in [-0.2, 0) is 16.1 Å². The smallest absolute Gasteiger partial charge is 0.301 e. The van der Waals surface area contributed by atoms with Gasteiger partial charge in [-0.2, -0.15) is 0 Å². The SMILES string of the molecule is C#CC(=O)Nc1ccc(CN2CCOCC2)cn1. The molecule has 5 nitrogen and oxygen atoms in total. The van der Waals surface area contributed by atoms with E-state index >= 15 is 0 Å². The number of nitrogens with one attached hydrogen (secondary N) is 1. The summed E-state index contributed by atoms with van der Waals surface area (Å²) < 4.78 is 5.29. The molecular weight excluding hydrogens is 230 g/mol. The van der Waals surface area contributed by atoms with Crippen molar-refractivity contribution in [2.24, 2.45) is 0 Å². The third-order valence-corrected chi connectivity index (χ3v) is 2.71. The number of ether oxygens (including phenoxy) is 1. The summed E-state index contributed by atoms with van der Waals surface area (Å²) >= 11 is 0. The number of rotatable bonds is 3. The second-order valence-electron chi connectivity index (χ2n) is 4.04. The second-order valence-corrected chi connectivity index (χ2v) is 4.04. The van der Waals surface area contributed by atoms with Crippen LogP contribution in [0.3, 0.4) is 0 Å². The quantitative estimate of drug-likeness (QED) is 0.787. The molecule has 1 aliphatic rings. The molecule has 0 aromatic carbocycles. The highest BCUT2D eigenvalue weighted by Crippen LogP contribution is 2.09. The van der Waals surface area contributed by atoms with Crippen LogP contribution >= 0.6 is 0 Å². The van der Waals surface area contributed by atoms with Crippen molar-refractivity contribution in [1.29, 1.82) is 0 Å². The fourth-order valence-corrected chi connectivity index (χ4v) is 1.76. The normalized spacial score (nSPS) is 15.9. The molecule has 0 spiro atoms. The van der Waals surface area contributed by atoms with E-state index in [1.165, 1.54) is 0 Å². The summed E-state index contributed by atoms with van der Waals surface area (Å²) in [6.45, 7) is 4.29. The zero-order chi connectivity index (χ0) is 12.8. The van der Waals surface area contributed by atoms with Crippen LogP contribution in [-0.4, -0.2) is 42.1 Å². The maximum Gasteiger partial charge on any atom is 0.301 e. The Balaban J connectivity index is 1.91. The van der Waals surface area contributed by atoms with Crippen LogP contribution in [0.5, 0.6) is 0 Å². The molecular formula is C13H15N3O2. The van der Waals surface area contributed by atoms with Crippen molar-refractivity contribution >= 4 is 11.7 Å². The third-order valence-electron chi connectivity index (χ3n) is 2.71. The van der Waals surface area contributed by atoms with Crippen molar-refractivity contribution in [1.82, 2.24) is 9.88 Å². The summed E-state index contributed by atoms with van der Waals surface area (Å²) in [6, 6.07) is 3.69. The summed E-state index contributed by atoms with van der Waals surface area (Å²) in [5, 5.41) is 2.50. The van der Waals surface area contributed by atoms with Crippen LogP contribution in [0.2, 0.25) is 0 Å². The van der Waals surface area contributed by atoms with E-state index in [1.54, 1.807) is 12.3 Å². The van der Waals surface area contributed by atoms with Crippen molar-refractivity contribution in [2.75, 3.05) is 31.6 Å². The van der Waals surface area contributed by atoms with Gasteiger partial charge in [0.1, 0.15) is 5.82 Å². The van der Waals surface area contributed by atoms with E-state index in [-0.39, 0.29) is 0 Å². The van der Waals surface area contributed by atoms with E-state index in [2.05, 4.69) is 15.2 Å². The van der Waals surface area contributed by atoms with Gasteiger partial charge in [0.05, 0.1) is 13.2 Å². The molecule has 1 N–H and O–H groups in total.